The summed E-state index contributed by atoms with van der Waals surface area (Å²) in [7, 11) is 0. The minimum absolute atomic E-state index is 0.169. The molecule has 0 saturated heterocycles. The first-order chi connectivity index (χ1) is 8.16. The highest BCUT2D eigenvalue weighted by Gasteiger charge is 2.10. The summed E-state index contributed by atoms with van der Waals surface area (Å²) in [5.41, 5.74) is 0.698. The lowest BCUT2D eigenvalue weighted by Gasteiger charge is -2.08. The van der Waals surface area contributed by atoms with Gasteiger partial charge in [-0.3, -0.25) is 4.98 Å². The van der Waals surface area contributed by atoms with Crippen molar-refractivity contribution in [3.63, 3.8) is 0 Å². The van der Waals surface area contributed by atoms with E-state index >= 15 is 0 Å². The number of aromatic nitrogens is 1. The SMILES string of the molecule is CB(C)c1ccc(Oc2cccnc2)cc1F. The molecule has 0 aliphatic carbocycles. The summed E-state index contributed by atoms with van der Waals surface area (Å²) < 4.78 is 19.2. The smallest absolute Gasteiger partial charge is 0.173 e. The molecule has 0 fully saturated rings. The van der Waals surface area contributed by atoms with Gasteiger partial charge in [0.1, 0.15) is 17.3 Å². The Kier molecular flexibility index (Phi) is 3.42. The van der Waals surface area contributed by atoms with E-state index < -0.39 is 0 Å². The molecular formula is C13H13BFNO. The van der Waals surface area contributed by atoms with E-state index in [9.17, 15) is 4.39 Å². The summed E-state index contributed by atoms with van der Waals surface area (Å²) in [6.45, 7) is 4.09. The van der Waals surface area contributed by atoms with Gasteiger partial charge in [-0.1, -0.05) is 19.7 Å². The molecule has 4 heteroatoms. The van der Waals surface area contributed by atoms with Gasteiger partial charge in [0.25, 0.3) is 0 Å². The van der Waals surface area contributed by atoms with Gasteiger partial charge < -0.3 is 4.74 Å². The second-order valence-electron chi connectivity index (χ2n) is 4.13. The molecule has 0 radical (unpaired) electrons. The Morgan fingerprint density at radius 3 is 2.59 bits per heavy atom. The zero-order chi connectivity index (χ0) is 12.3. The number of benzene rings is 1. The number of ether oxygens (including phenoxy) is 1. The molecule has 17 heavy (non-hydrogen) atoms. The third-order valence-corrected chi connectivity index (χ3v) is 2.46. The molecule has 1 heterocycles. The van der Waals surface area contributed by atoms with Gasteiger partial charge in [-0.2, -0.15) is 0 Å². The zero-order valence-corrected chi connectivity index (χ0v) is 9.85. The molecular weight excluding hydrogens is 216 g/mol. The van der Waals surface area contributed by atoms with Gasteiger partial charge in [0.15, 0.2) is 6.71 Å². The molecule has 0 bridgehead atoms. The van der Waals surface area contributed by atoms with E-state index in [1.165, 1.54) is 6.07 Å². The third-order valence-electron chi connectivity index (χ3n) is 2.46. The van der Waals surface area contributed by atoms with E-state index in [-0.39, 0.29) is 12.5 Å². The normalized spacial score (nSPS) is 10.1. The molecule has 0 amide bonds. The number of nitrogens with zero attached hydrogens (tertiary/aromatic N) is 1. The largest absolute Gasteiger partial charge is 0.456 e. The minimum atomic E-state index is -0.235. The van der Waals surface area contributed by atoms with E-state index in [1.54, 1.807) is 36.7 Å². The summed E-state index contributed by atoms with van der Waals surface area (Å²) in [6.07, 6.45) is 3.25. The van der Waals surface area contributed by atoms with Crippen molar-refractivity contribution in [1.29, 1.82) is 0 Å². The van der Waals surface area contributed by atoms with Gasteiger partial charge in [-0.25, -0.2) is 4.39 Å². The third kappa shape index (κ3) is 2.84. The van der Waals surface area contributed by atoms with Crippen LogP contribution in [-0.2, 0) is 0 Å². The highest BCUT2D eigenvalue weighted by atomic mass is 19.1. The number of pyridine rings is 1. The van der Waals surface area contributed by atoms with Crippen LogP contribution >= 0.6 is 0 Å². The molecule has 0 unspecified atom stereocenters. The Morgan fingerprint density at radius 1 is 1.18 bits per heavy atom. The standard InChI is InChI=1S/C13H13BFNO/c1-14(2)12-6-5-10(8-13(12)15)17-11-4-3-7-16-9-11/h3-9H,1-2H3. The van der Waals surface area contributed by atoms with Crippen molar-refractivity contribution in [2.75, 3.05) is 0 Å². The molecule has 0 spiro atoms. The maximum absolute atomic E-state index is 13.7. The Morgan fingerprint density at radius 2 is 2.00 bits per heavy atom. The lowest BCUT2D eigenvalue weighted by molar-refractivity contribution is 0.475. The molecule has 0 aliphatic heterocycles. The van der Waals surface area contributed by atoms with E-state index in [1.807, 2.05) is 13.6 Å². The van der Waals surface area contributed by atoms with E-state index in [2.05, 4.69) is 4.98 Å². The van der Waals surface area contributed by atoms with Crippen LogP contribution in [0.15, 0.2) is 42.7 Å². The quantitative estimate of drug-likeness (QED) is 0.754. The minimum Gasteiger partial charge on any atom is -0.456 e. The molecule has 1 aromatic heterocycles. The highest BCUT2D eigenvalue weighted by Crippen LogP contribution is 2.20. The van der Waals surface area contributed by atoms with Crippen LogP contribution in [-0.4, -0.2) is 11.7 Å². The molecule has 1 aromatic carbocycles. The van der Waals surface area contributed by atoms with Crippen LogP contribution in [0.4, 0.5) is 4.39 Å². The van der Waals surface area contributed by atoms with Crippen LogP contribution < -0.4 is 10.2 Å². The lowest BCUT2D eigenvalue weighted by atomic mass is 9.49. The first-order valence-electron chi connectivity index (χ1n) is 5.54. The van der Waals surface area contributed by atoms with Gasteiger partial charge in [0.2, 0.25) is 0 Å². The molecule has 2 aromatic rings. The van der Waals surface area contributed by atoms with E-state index in [0.29, 0.717) is 17.0 Å². The number of rotatable bonds is 3. The second kappa shape index (κ2) is 5.00. The van der Waals surface area contributed by atoms with Gasteiger partial charge in [0.05, 0.1) is 6.20 Å². The average molecular weight is 229 g/mol. The molecule has 0 N–H and O–H groups in total. The Labute approximate surface area is 101 Å². The van der Waals surface area contributed by atoms with Crippen LogP contribution in [0.2, 0.25) is 13.6 Å². The second-order valence-corrected chi connectivity index (χ2v) is 4.13. The van der Waals surface area contributed by atoms with E-state index in [0.717, 1.165) is 0 Å². The first kappa shape index (κ1) is 11.6. The van der Waals surface area contributed by atoms with Crippen LogP contribution in [0.25, 0.3) is 0 Å². The molecule has 0 saturated carbocycles. The topological polar surface area (TPSA) is 22.1 Å². The molecule has 0 atom stereocenters. The van der Waals surface area contributed by atoms with E-state index in [4.69, 9.17) is 4.74 Å². The average Bonchev–Trinajstić information content (AvgIpc) is 2.30. The predicted octanol–water partition coefficient (Wildman–Crippen LogP) is 2.97. The van der Waals surface area contributed by atoms with Crippen LogP contribution in [0.3, 0.4) is 0 Å². The number of hydrogen-bond donors (Lipinski definition) is 0. The maximum atomic E-state index is 13.7. The van der Waals surface area contributed by atoms with Crippen molar-refractivity contribution < 1.29 is 9.13 Å². The van der Waals surface area contributed by atoms with Crippen LogP contribution in [0.5, 0.6) is 11.5 Å². The molecule has 0 aliphatic rings. The van der Waals surface area contributed by atoms with Crippen LogP contribution in [0.1, 0.15) is 0 Å². The van der Waals surface area contributed by atoms with Crippen LogP contribution in [0, 0.1) is 5.82 Å². The van der Waals surface area contributed by atoms with Gasteiger partial charge in [0, 0.05) is 12.3 Å². The summed E-state index contributed by atoms with van der Waals surface area (Å²) >= 11 is 0. The maximum Gasteiger partial charge on any atom is 0.173 e. The Bertz CT molecular complexity index is 502. The van der Waals surface area contributed by atoms with Gasteiger partial charge in [-0.05, 0) is 23.7 Å². The van der Waals surface area contributed by atoms with Gasteiger partial charge in [-0.15, -0.1) is 0 Å². The van der Waals surface area contributed by atoms with Gasteiger partial charge >= 0.3 is 0 Å². The van der Waals surface area contributed by atoms with Crippen molar-refractivity contribution in [2.45, 2.75) is 13.6 Å². The fraction of sp³-hybridized carbons (Fsp3) is 0.154. The molecule has 2 rings (SSSR count). The fourth-order valence-electron chi connectivity index (χ4n) is 1.58. The predicted molar refractivity (Wildman–Crippen MR) is 67.8 cm³/mol. The lowest BCUT2D eigenvalue weighted by Crippen LogP contribution is -2.25. The van der Waals surface area contributed by atoms with Crippen molar-refractivity contribution in [1.82, 2.24) is 4.98 Å². The number of halogens is 1. The summed E-state index contributed by atoms with van der Waals surface area (Å²) in [4.78, 5) is 3.93. The summed E-state index contributed by atoms with van der Waals surface area (Å²) in [5, 5.41) is 0. The van der Waals surface area contributed by atoms with Crippen molar-refractivity contribution in [3.05, 3.63) is 48.5 Å². The molecule has 86 valence electrons. The van der Waals surface area contributed by atoms with Crippen molar-refractivity contribution in [3.8, 4) is 11.5 Å². The zero-order valence-electron chi connectivity index (χ0n) is 9.85. The summed E-state index contributed by atoms with van der Waals surface area (Å²) in [6, 6.07) is 8.48. The Hall–Kier alpha value is -1.84. The van der Waals surface area contributed by atoms with Crippen molar-refractivity contribution in [2.24, 2.45) is 0 Å². The molecule has 2 nitrogen and oxygen atoms in total. The first-order valence-corrected chi connectivity index (χ1v) is 5.54. The summed E-state index contributed by atoms with van der Waals surface area (Å²) in [5.74, 6) is 0.852. The fourth-order valence-corrected chi connectivity index (χ4v) is 1.58. The van der Waals surface area contributed by atoms with Crippen molar-refractivity contribution >= 4 is 12.2 Å². The number of hydrogen-bond acceptors (Lipinski definition) is 2. The highest BCUT2D eigenvalue weighted by molar-refractivity contribution is 6.70. The Balaban J connectivity index is 2.21. The monoisotopic (exact) mass is 229 g/mol.